The molecule has 4 rings (SSSR count). The molecule has 1 N–H and O–H groups in total. The van der Waals surface area contributed by atoms with E-state index in [-0.39, 0.29) is 16.0 Å². The second-order valence-electron chi connectivity index (χ2n) is 6.25. The first-order chi connectivity index (χ1) is 14.4. The van der Waals surface area contributed by atoms with Crippen molar-refractivity contribution in [3.63, 3.8) is 0 Å². The fourth-order valence-corrected chi connectivity index (χ4v) is 4.42. The number of carbonyl (C=O) groups excluding carboxylic acids is 1. The van der Waals surface area contributed by atoms with Gasteiger partial charge in [-0.15, -0.1) is 0 Å². The summed E-state index contributed by atoms with van der Waals surface area (Å²) >= 11 is 18.0. The first-order valence-electron chi connectivity index (χ1n) is 8.56. The van der Waals surface area contributed by atoms with Gasteiger partial charge in [0, 0.05) is 19.3 Å². The number of hydrogen-bond acceptors (Lipinski definition) is 4. The van der Waals surface area contributed by atoms with Gasteiger partial charge in [-0.25, -0.2) is 4.98 Å². The van der Waals surface area contributed by atoms with E-state index in [9.17, 15) is 4.79 Å². The fourth-order valence-electron chi connectivity index (χ4n) is 2.87. The minimum atomic E-state index is -0.357. The zero-order chi connectivity index (χ0) is 21.4. The lowest BCUT2D eigenvalue weighted by Gasteiger charge is -2.09. The van der Waals surface area contributed by atoms with Crippen LogP contribution >= 0.6 is 61.7 Å². The van der Waals surface area contributed by atoms with Gasteiger partial charge in [0.2, 0.25) is 5.89 Å². The molecule has 0 saturated heterocycles. The van der Waals surface area contributed by atoms with Gasteiger partial charge >= 0.3 is 0 Å². The Labute approximate surface area is 204 Å². The average molecular weight is 618 g/mol. The topological polar surface area (TPSA) is 64.4 Å². The summed E-state index contributed by atoms with van der Waals surface area (Å²) in [4.78, 5) is 17.2. The number of benzene rings is 3. The number of hydrogen-bond donors (Lipinski definition) is 1. The van der Waals surface area contributed by atoms with Crippen molar-refractivity contribution in [2.45, 2.75) is 0 Å². The number of aromatic nitrogens is 1. The monoisotopic (exact) mass is 616 g/mol. The molecule has 1 amide bonds. The molecule has 5 nitrogen and oxygen atoms in total. The van der Waals surface area contributed by atoms with E-state index in [1.54, 1.807) is 18.2 Å². The predicted octanol–water partition coefficient (Wildman–Crippen LogP) is 7.43. The fraction of sp³-hybridized carbons (Fsp3) is 0.0476. The summed E-state index contributed by atoms with van der Waals surface area (Å²) in [6, 6.07) is 14.2. The first-order valence-corrected chi connectivity index (χ1v) is 11.2. The summed E-state index contributed by atoms with van der Waals surface area (Å²) in [5, 5.41) is 3.34. The van der Waals surface area contributed by atoms with Gasteiger partial charge in [-0.05, 0) is 87.1 Å². The number of nitrogens with one attached hydrogen (secondary N) is 1. The highest BCUT2D eigenvalue weighted by Crippen LogP contribution is 2.35. The van der Waals surface area contributed by atoms with E-state index in [4.69, 9.17) is 32.4 Å². The third-order valence-corrected chi connectivity index (χ3v) is 6.19. The Hall–Kier alpha value is -1.81. The van der Waals surface area contributed by atoms with Crippen LogP contribution in [-0.4, -0.2) is 18.0 Å². The van der Waals surface area contributed by atoms with Gasteiger partial charge in [-0.2, -0.15) is 0 Å². The van der Waals surface area contributed by atoms with E-state index in [0.29, 0.717) is 34.0 Å². The van der Waals surface area contributed by atoms with Crippen molar-refractivity contribution < 1.29 is 13.9 Å². The molecule has 0 spiro atoms. The van der Waals surface area contributed by atoms with Crippen molar-refractivity contribution >= 4 is 84.4 Å². The van der Waals surface area contributed by atoms with E-state index in [1.165, 1.54) is 19.2 Å². The molecule has 1 heterocycles. The van der Waals surface area contributed by atoms with Gasteiger partial charge in [-0.3, -0.25) is 4.79 Å². The number of oxazole rings is 1. The molecular weight excluding hydrogens is 606 g/mol. The lowest BCUT2D eigenvalue weighted by Crippen LogP contribution is -2.12. The Morgan fingerprint density at radius 2 is 1.87 bits per heavy atom. The molecule has 152 valence electrons. The number of ether oxygens (including phenoxy) is 1. The molecule has 0 aliphatic heterocycles. The Morgan fingerprint density at radius 1 is 1.13 bits per heavy atom. The molecule has 0 radical (unpaired) electrons. The largest absolute Gasteiger partial charge is 0.494 e. The standard InChI is InChI=1S/C21H12BrCl2IN2O3/c1-29-19-15(23)6-10(7-16(19)24)20(28)26-12-3-5-18-17(9-12)27-21(30-18)13-8-11(25)2-4-14(13)22/h2-9H,1H3,(H,26,28). The van der Waals surface area contributed by atoms with Crippen LogP contribution in [0.5, 0.6) is 5.75 Å². The Balaban J connectivity index is 1.63. The second kappa shape index (κ2) is 8.74. The van der Waals surface area contributed by atoms with Crippen LogP contribution in [0.4, 0.5) is 5.69 Å². The number of fused-ring (bicyclic) bond motifs is 1. The molecule has 0 bridgehead atoms. The smallest absolute Gasteiger partial charge is 0.255 e. The summed E-state index contributed by atoms with van der Waals surface area (Å²) in [6.45, 7) is 0. The highest BCUT2D eigenvalue weighted by Gasteiger charge is 2.16. The Kier molecular flexibility index (Phi) is 6.24. The molecule has 3 aromatic carbocycles. The SMILES string of the molecule is COc1c(Cl)cc(C(=O)Nc2ccc3oc(-c4cc(I)ccc4Br)nc3c2)cc1Cl. The normalized spacial score (nSPS) is 11.0. The molecule has 0 unspecified atom stereocenters. The van der Waals surface area contributed by atoms with E-state index >= 15 is 0 Å². The Bertz CT molecular complexity index is 1270. The average Bonchev–Trinajstić information content (AvgIpc) is 3.12. The third kappa shape index (κ3) is 4.30. The second-order valence-corrected chi connectivity index (χ2v) is 9.17. The predicted molar refractivity (Wildman–Crippen MR) is 131 cm³/mol. The molecule has 30 heavy (non-hydrogen) atoms. The summed E-state index contributed by atoms with van der Waals surface area (Å²) in [7, 11) is 1.46. The van der Waals surface area contributed by atoms with Gasteiger partial charge in [0.05, 0.1) is 22.7 Å². The number of nitrogens with zero attached hydrogens (tertiary/aromatic N) is 1. The molecule has 0 aliphatic carbocycles. The Morgan fingerprint density at radius 3 is 2.57 bits per heavy atom. The van der Waals surface area contributed by atoms with E-state index < -0.39 is 0 Å². The summed E-state index contributed by atoms with van der Waals surface area (Å²) < 4.78 is 13.0. The van der Waals surface area contributed by atoms with Crippen LogP contribution in [0.2, 0.25) is 10.0 Å². The first kappa shape index (κ1) is 21.4. The van der Waals surface area contributed by atoms with Gasteiger partial charge < -0.3 is 14.5 Å². The van der Waals surface area contributed by atoms with Crippen molar-refractivity contribution in [1.82, 2.24) is 4.98 Å². The number of anilines is 1. The maximum Gasteiger partial charge on any atom is 0.255 e. The number of amides is 1. The summed E-state index contributed by atoms with van der Waals surface area (Å²) in [6.07, 6.45) is 0. The molecule has 0 saturated carbocycles. The van der Waals surface area contributed by atoms with E-state index in [2.05, 4.69) is 48.8 Å². The van der Waals surface area contributed by atoms with Crippen LogP contribution in [0.15, 0.2) is 57.4 Å². The lowest BCUT2D eigenvalue weighted by atomic mass is 10.2. The summed E-state index contributed by atoms with van der Waals surface area (Å²) in [5.41, 5.74) is 2.97. The number of methoxy groups -OCH3 is 1. The minimum Gasteiger partial charge on any atom is -0.494 e. The van der Waals surface area contributed by atoms with Crippen LogP contribution in [-0.2, 0) is 0 Å². The van der Waals surface area contributed by atoms with Gasteiger partial charge in [0.1, 0.15) is 5.52 Å². The third-order valence-electron chi connectivity index (χ3n) is 4.27. The van der Waals surface area contributed by atoms with E-state index in [1.807, 2.05) is 18.2 Å². The molecule has 9 heteroatoms. The summed E-state index contributed by atoms with van der Waals surface area (Å²) in [5.74, 6) is 0.464. The molecule has 1 aromatic heterocycles. The molecule has 0 atom stereocenters. The zero-order valence-corrected chi connectivity index (χ0v) is 20.6. The van der Waals surface area contributed by atoms with Gasteiger partial charge in [-0.1, -0.05) is 23.2 Å². The van der Waals surface area contributed by atoms with Crippen LogP contribution in [0.25, 0.3) is 22.6 Å². The van der Waals surface area contributed by atoms with Crippen molar-refractivity contribution in [2.24, 2.45) is 0 Å². The van der Waals surface area contributed by atoms with Crippen LogP contribution in [0.1, 0.15) is 10.4 Å². The van der Waals surface area contributed by atoms with Crippen LogP contribution in [0, 0.1) is 3.57 Å². The number of carbonyl (C=O) groups is 1. The number of halogens is 4. The van der Waals surface area contributed by atoms with Crippen molar-refractivity contribution in [2.75, 3.05) is 12.4 Å². The highest BCUT2D eigenvalue weighted by molar-refractivity contribution is 14.1. The minimum absolute atomic E-state index is 0.259. The van der Waals surface area contributed by atoms with Crippen LogP contribution < -0.4 is 10.1 Å². The molecule has 4 aromatic rings. The van der Waals surface area contributed by atoms with Crippen molar-refractivity contribution in [1.29, 1.82) is 0 Å². The highest BCUT2D eigenvalue weighted by atomic mass is 127. The quantitative estimate of drug-likeness (QED) is 0.242. The molecular formula is C21H12BrCl2IN2O3. The molecule has 0 fully saturated rings. The van der Waals surface area contributed by atoms with Gasteiger partial charge in [0.25, 0.3) is 5.91 Å². The lowest BCUT2D eigenvalue weighted by molar-refractivity contribution is 0.102. The van der Waals surface area contributed by atoms with E-state index in [0.717, 1.165) is 13.6 Å². The maximum absolute atomic E-state index is 12.6. The van der Waals surface area contributed by atoms with Crippen molar-refractivity contribution in [3.05, 3.63) is 72.2 Å². The van der Waals surface area contributed by atoms with Gasteiger partial charge in [0.15, 0.2) is 11.3 Å². The maximum atomic E-state index is 12.6. The van der Waals surface area contributed by atoms with Crippen molar-refractivity contribution in [3.8, 4) is 17.2 Å². The number of rotatable bonds is 4. The van der Waals surface area contributed by atoms with Crippen LogP contribution in [0.3, 0.4) is 0 Å². The molecule has 0 aliphatic rings. The zero-order valence-electron chi connectivity index (χ0n) is 15.3.